The van der Waals surface area contributed by atoms with Gasteiger partial charge in [0.1, 0.15) is 0 Å². The maximum atomic E-state index is 11.4. The fourth-order valence-corrected chi connectivity index (χ4v) is 2.05. The van der Waals surface area contributed by atoms with E-state index in [9.17, 15) is 4.79 Å². The van der Waals surface area contributed by atoms with Gasteiger partial charge in [-0.15, -0.1) is 11.8 Å². The van der Waals surface area contributed by atoms with Crippen molar-refractivity contribution in [1.29, 1.82) is 0 Å². The number of nitrogens with one attached hydrogen (secondary N) is 1. The van der Waals surface area contributed by atoms with E-state index in [0.717, 1.165) is 12.8 Å². The van der Waals surface area contributed by atoms with Crippen LogP contribution in [0.4, 0.5) is 0 Å². The first kappa shape index (κ1) is 10.8. The molecule has 0 atom stereocenters. The molecule has 0 aliphatic carbocycles. The van der Waals surface area contributed by atoms with Crippen LogP contribution in [0.3, 0.4) is 0 Å². The first-order valence-electron chi connectivity index (χ1n) is 3.94. The Balaban J connectivity index is 4.39. The molecule has 0 aliphatic heterocycles. The quantitative estimate of drug-likeness (QED) is 0.704. The second-order valence-electron chi connectivity index (χ2n) is 2.48. The van der Waals surface area contributed by atoms with Crippen molar-refractivity contribution >= 4 is 17.7 Å². The van der Waals surface area contributed by atoms with Gasteiger partial charge in [-0.3, -0.25) is 4.79 Å². The Labute approximate surface area is 73.1 Å². The maximum Gasteiger partial charge on any atom is 0.235 e. The van der Waals surface area contributed by atoms with Gasteiger partial charge < -0.3 is 5.32 Å². The van der Waals surface area contributed by atoms with Crippen molar-refractivity contribution in [3.8, 4) is 0 Å². The fraction of sp³-hybridized carbons (Fsp3) is 0.875. The highest BCUT2D eigenvalue weighted by Crippen LogP contribution is 2.30. The van der Waals surface area contributed by atoms with E-state index in [1.54, 1.807) is 18.8 Å². The summed E-state index contributed by atoms with van der Waals surface area (Å²) in [6.45, 7) is 4.10. The van der Waals surface area contributed by atoms with E-state index in [1.807, 2.05) is 6.26 Å². The summed E-state index contributed by atoms with van der Waals surface area (Å²) in [4.78, 5) is 11.4. The van der Waals surface area contributed by atoms with Crippen LogP contribution in [0.1, 0.15) is 26.7 Å². The van der Waals surface area contributed by atoms with Crippen LogP contribution in [0.25, 0.3) is 0 Å². The Bertz CT molecular complexity index is 124. The zero-order valence-electron chi connectivity index (χ0n) is 7.73. The third-order valence-corrected chi connectivity index (χ3v) is 3.72. The summed E-state index contributed by atoms with van der Waals surface area (Å²) in [5.74, 6) is 0.148. The molecule has 0 spiro atoms. The molecule has 0 aliphatic rings. The van der Waals surface area contributed by atoms with Gasteiger partial charge in [-0.05, 0) is 19.1 Å². The molecular weight excluding hydrogens is 158 g/mol. The second kappa shape index (κ2) is 4.65. The molecule has 0 fully saturated rings. The van der Waals surface area contributed by atoms with Gasteiger partial charge in [-0.25, -0.2) is 0 Å². The van der Waals surface area contributed by atoms with Crippen LogP contribution in [0.15, 0.2) is 0 Å². The standard InChI is InChI=1S/C8H17NOS/c1-5-8(6-2,11-4)7(10)9-3/h5-6H2,1-4H3,(H,9,10). The smallest absolute Gasteiger partial charge is 0.235 e. The van der Waals surface area contributed by atoms with E-state index in [4.69, 9.17) is 0 Å². The molecular formula is C8H17NOS. The van der Waals surface area contributed by atoms with Crippen LogP contribution in [0, 0.1) is 0 Å². The third-order valence-electron chi connectivity index (χ3n) is 2.17. The van der Waals surface area contributed by atoms with E-state index >= 15 is 0 Å². The summed E-state index contributed by atoms with van der Waals surface area (Å²) >= 11 is 1.64. The molecule has 0 aromatic rings. The SMILES string of the molecule is CCC(CC)(SC)C(=O)NC. The normalized spacial score (nSPS) is 11.3. The van der Waals surface area contributed by atoms with Gasteiger partial charge in [0.25, 0.3) is 0 Å². The molecule has 11 heavy (non-hydrogen) atoms. The minimum atomic E-state index is -0.200. The van der Waals surface area contributed by atoms with Crippen molar-refractivity contribution in [2.75, 3.05) is 13.3 Å². The highest BCUT2D eigenvalue weighted by atomic mass is 32.2. The Morgan fingerprint density at radius 2 is 1.91 bits per heavy atom. The van der Waals surface area contributed by atoms with Crippen molar-refractivity contribution in [1.82, 2.24) is 5.32 Å². The molecule has 66 valence electrons. The summed E-state index contributed by atoms with van der Waals surface area (Å²) in [6.07, 6.45) is 3.77. The fourth-order valence-electron chi connectivity index (χ4n) is 1.18. The minimum absolute atomic E-state index is 0.148. The first-order valence-corrected chi connectivity index (χ1v) is 5.16. The molecule has 0 saturated carbocycles. The highest BCUT2D eigenvalue weighted by molar-refractivity contribution is 8.00. The van der Waals surface area contributed by atoms with Crippen LogP contribution in [-0.4, -0.2) is 24.0 Å². The Morgan fingerprint density at radius 1 is 1.45 bits per heavy atom. The third kappa shape index (κ3) is 2.12. The zero-order chi connectivity index (χ0) is 8.91. The summed E-state index contributed by atoms with van der Waals surface area (Å²) in [7, 11) is 1.69. The number of carbonyl (C=O) groups is 1. The number of amides is 1. The van der Waals surface area contributed by atoms with E-state index in [-0.39, 0.29) is 10.7 Å². The average Bonchev–Trinajstić information content (AvgIpc) is 2.08. The molecule has 2 nitrogen and oxygen atoms in total. The predicted molar refractivity (Wildman–Crippen MR) is 50.9 cm³/mol. The number of hydrogen-bond acceptors (Lipinski definition) is 2. The average molecular weight is 175 g/mol. The number of hydrogen-bond donors (Lipinski definition) is 1. The van der Waals surface area contributed by atoms with E-state index in [0.29, 0.717) is 0 Å². The van der Waals surface area contributed by atoms with Gasteiger partial charge in [0, 0.05) is 7.05 Å². The molecule has 0 rings (SSSR count). The van der Waals surface area contributed by atoms with Gasteiger partial charge in [0.05, 0.1) is 4.75 Å². The molecule has 3 heteroatoms. The molecule has 0 aromatic heterocycles. The van der Waals surface area contributed by atoms with Crippen molar-refractivity contribution in [3.05, 3.63) is 0 Å². The lowest BCUT2D eigenvalue weighted by atomic mass is 10.0. The van der Waals surface area contributed by atoms with E-state index in [2.05, 4.69) is 19.2 Å². The summed E-state index contributed by atoms with van der Waals surface area (Å²) < 4.78 is -0.200. The number of rotatable bonds is 4. The molecule has 0 unspecified atom stereocenters. The molecule has 0 saturated heterocycles. The lowest BCUT2D eigenvalue weighted by Crippen LogP contribution is -2.41. The van der Waals surface area contributed by atoms with E-state index < -0.39 is 0 Å². The maximum absolute atomic E-state index is 11.4. The Hall–Kier alpha value is -0.180. The van der Waals surface area contributed by atoms with Crippen molar-refractivity contribution in [2.45, 2.75) is 31.4 Å². The second-order valence-corrected chi connectivity index (χ2v) is 3.67. The molecule has 0 heterocycles. The van der Waals surface area contributed by atoms with Crippen molar-refractivity contribution in [3.63, 3.8) is 0 Å². The van der Waals surface area contributed by atoms with Crippen LogP contribution >= 0.6 is 11.8 Å². The largest absolute Gasteiger partial charge is 0.358 e. The predicted octanol–water partition coefficient (Wildman–Crippen LogP) is 1.65. The lowest BCUT2D eigenvalue weighted by Gasteiger charge is -2.26. The highest BCUT2D eigenvalue weighted by Gasteiger charge is 2.32. The van der Waals surface area contributed by atoms with Crippen LogP contribution < -0.4 is 5.32 Å². The minimum Gasteiger partial charge on any atom is -0.358 e. The number of thioether (sulfide) groups is 1. The van der Waals surface area contributed by atoms with Gasteiger partial charge >= 0.3 is 0 Å². The van der Waals surface area contributed by atoms with Crippen LogP contribution in [0.5, 0.6) is 0 Å². The van der Waals surface area contributed by atoms with Gasteiger partial charge in [0.2, 0.25) is 5.91 Å². The monoisotopic (exact) mass is 175 g/mol. The summed E-state index contributed by atoms with van der Waals surface area (Å²) in [6, 6.07) is 0. The van der Waals surface area contributed by atoms with Gasteiger partial charge in [-0.2, -0.15) is 0 Å². The summed E-state index contributed by atoms with van der Waals surface area (Å²) in [5, 5.41) is 2.70. The molecule has 1 amide bonds. The molecule has 0 radical (unpaired) electrons. The van der Waals surface area contributed by atoms with Crippen LogP contribution in [-0.2, 0) is 4.79 Å². The van der Waals surface area contributed by atoms with Crippen molar-refractivity contribution < 1.29 is 4.79 Å². The zero-order valence-corrected chi connectivity index (χ0v) is 8.55. The van der Waals surface area contributed by atoms with E-state index in [1.165, 1.54) is 0 Å². The topological polar surface area (TPSA) is 29.1 Å². The van der Waals surface area contributed by atoms with Gasteiger partial charge in [0.15, 0.2) is 0 Å². The summed E-state index contributed by atoms with van der Waals surface area (Å²) in [5.41, 5.74) is 0. The number of carbonyl (C=O) groups excluding carboxylic acids is 1. The molecule has 0 aromatic carbocycles. The molecule has 1 N–H and O–H groups in total. The van der Waals surface area contributed by atoms with Crippen LogP contribution in [0.2, 0.25) is 0 Å². The molecule has 0 bridgehead atoms. The Morgan fingerprint density at radius 3 is 2.00 bits per heavy atom. The van der Waals surface area contributed by atoms with Crippen molar-refractivity contribution in [2.24, 2.45) is 0 Å². The van der Waals surface area contributed by atoms with Gasteiger partial charge in [-0.1, -0.05) is 13.8 Å². The lowest BCUT2D eigenvalue weighted by molar-refractivity contribution is -0.123. The Kier molecular flexibility index (Phi) is 4.57. The first-order chi connectivity index (χ1) is 5.16.